The summed E-state index contributed by atoms with van der Waals surface area (Å²) in [6, 6.07) is 10.1. The predicted molar refractivity (Wildman–Crippen MR) is 67.7 cm³/mol. The van der Waals surface area contributed by atoms with E-state index in [1.165, 1.54) is 0 Å². The highest BCUT2D eigenvalue weighted by molar-refractivity contribution is 5.85. The number of hydrogen-bond donors (Lipinski definition) is 0. The quantitative estimate of drug-likeness (QED) is 0.748. The molecule has 1 aromatic rings. The molecule has 0 saturated carbocycles. The van der Waals surface area contributed by atoms with Crippen molar-refractivity contribution in [1.82, 2.24) is 0 Å². The number of carbonyl (C=O) groups is 1. The maximum Gasteiger partial charge on any atom is 0.316 e. The molecule has 1 heterocycles. The van der Waals surface area contributed by atoms with Crippen molar-refractivity contribution in [2.45, 2.75) is 32.6 Å². The highest BCUT2D eigenvalue weighted by atomic mass is 16.5. The van der Waals surface area contributed by atoms with Gasteiger partial charge in [-0.25, -0.2) is 0 Å². The largest absolute Gasteiger partial charge is 0.465 e. The zero-order valence-electron chi connectivity index (χ0n) is 10.8. The second-order valence-electron chi connectivity index (χ2n) is 5.14. The maximum absolute atomic E-state index is 12.2. The van der Waals surface area contributed by atoms with E-state index in [1.54, 1.807) is 0 Å². The standard InChI is InChI=1S/C15H20O2/c1-4-15(12-8-6-5-7-9-12)13(11(2)3)10-17-14(15)16/h5-9,11,13H,4,10H2,1-3H3. The minimum absolute atomic E-state index is 0.0510. The van der Waals surface area contributed by atoms with Gasteiger partial charge in [-0.2, -0.15) is 0 Å². The molecule has 2 nitrogen and oxygen atoms in total. The smallest absolute Gasteiger partial charge is 0.316 e. The summed E-state index contributed by atoms with van der Waals surface area (Å²) in [5.41, 5.74) is 0.666. The maximum atomic E-state index is 12.2. The van der Waals surface area contributed by atoms with Gasteiger partial charge in [-0.3, -0.25) is 4.79 Å². The van der Waals surface area contributed by atoms with Gasteiger partial charge >= 0.3 is 5.97 Å². The molecule has 1 aliphatic rings. The number of esters is 1. The highest BCUT2D eigenvalue weighted by Gasteiger charge is 2.53. The first-order valence-electron chi connectivity index (χ1n) is 6.35. The van der Waals surface area contributed by atoms with Gasteiger partial charge in [-0.1, -0.05) is 51.1 Å². The minimum Gasteiger partial charge on any atom is -0.465 e. The third-order valence-corrected chi connectivity index (χ3v) is 4.04. The summed E-state index contributed by atoms with van der Waals surface area (Å²) in [4.78, 5) is 12.2. The van der Waals surface area contributed by atoms with E-state index >= 15 is 0 Å². The Morgan fingerprint density at radius 3 is 2.53 bits per heavy atom. The number of hydrogen-bond acceptors (Lipinski definition) is 2. The van der Waals surface area contributed by atoms with Gasteiger partial charge in [0.05, 0.1) is 12.0 Å². The normalized spacial score (nSPS) is 28.5. The molecule has 0 N–H and O–H groups in total. The van der Waals surface area contributed by atoms with E-state index in [-0.39, 0.29) is 11.9 Å². The number of cyclic esters (lactones) is 1. The van der Waals surface area contributed by atoms with Crippen LogP contribution in [0.5, 0.6) is 0 Å². The topological polar surface area (TPSA) is 26.3 Å². The summed E-state index contributed by atoms with van der Waals surface area (Å²) < 4.78 is 5.35. The molecule has 17 heavy (non-hydrogen) atoms. The van der Waals surface area contributed by atoms with Crippen molar-refractivity contribution >= 4 is 5.97 Å². The van der Waals surface area contributed by atoms with E-state index in [2.05, 4.69) is 20.8 Å². The van der Waals surface area contributed by atoms with E-state index < -0.39 is 5.41 Å². The molecule has 2 rings (SSSR count). The first kappa shape index (κ1) is 12.2. The van der Waals surface area contributed by atoms with Gasteiger partial charge in [-0.15, -0.1) is 0 Å². The second kappa shape index (κ2) is 4.52. The Kier molecular flexibility index (Phi) is 3.23. The molecule has 1 aromatic carbocycles. The molecule has 0 aromatic heterocycles. The van der Waals surface area contributed by atoms with E-state index in [0.29, 0.717) is 12.5 Å². The van der Waals surface area contributed by atoms with Crippen molar-refractivity contribution in [3.63, 3.8) is 0 Å². The zero-order chi connectivity index (χ0) is 12.5. The first-order valence-corrected chi connectivity index (χ1v) is 6.35. The molecule has 92 valence electrons. The minimum atomic E-state index is -0.435. The Morgan fingerprint density at radius 2 is 2.00 bits per heavy atom. The van der Waals surface area contributed by atoms with Crippen molar-refractivity contribution in [3.05, 3.63) is 35.9 Å². The van der Waals surface area contributed by atoms with Gasteiger partial charge in [-0.05, 0) is 17.9 Å². The van der Waals surface area contributed by atoms with Crippen molar-refractivity contribution < 1.29 is 9.53 Å². The van der Waals surface area contributed by atoms with Crippen LogP contribution in [0.3, 0.4) is 0 Å². The molecule has 1 fully saturated rings. The molecule has 1 aliphatic heterocycles. The van der Waals surface area contributed by atoms with Crippen LogP contribution in [0.25, 0.3) is 0 Å². The molecule has 2 unspecified atom stereocenters. The Labute approximate surface area is 103 Å². The van der Waals surface area contributed by atoms with Crippen LogP contribution in [0.4, 0.5) is 0 Å². The Hall–Kier alpha value is -1.31. The summed E-state index contributed by atoms with van der Waals surface area (Å²) in [6.45, 7) is 6.97. The van der Waals surface area contributed by atoms with E-state index in [9.17, 15) is 4.79 Å². The highest BCUT2D eigenvalue weighted by Crippen LogP contribution is 2.45. The molecule has 1 saturated heterocycles. The van der Waals surface area contributed by atoms with E-state index in [1.807, 2.05) is 30.3 Å². The Morgan fingerprint density at radius 1 is 1.35 bits per heavy atom. The summed E-state index contributed by atoms with van der Waals surface area (Å²) >= 11 is 0. The molecule has 0 aliphatic carbocycles. The van der Waals surface area contributed by atoms with Gasteiger partial charge in [0.1, 0.15) is 0 Å². The van der Waals surface area contributed by atoms with Gasteiger partial charge in [0.15, 0.2) is 0 Å². The molecule has 2 atom stereocenters. The number of rotatable bonds is 3. The van der Waals surface area contributed by atoms with E-state index in [0.717, 1.165) is 12.0 Å². The molecule has 0 amide bonds. The fraction of sp³-hybridized carbons (Fsp3) is 0.533. The summed E-state index contributed by atoms with van der Waals surface area (Å²) in [5.74, 6) is 0.675. The zero-order valence-corrected chi connectivity index (χ0v) is 10.8. The lowest BCUT2D eigenvalue weighted by Crippen LogP contribution is -2.39. The number of carbonyl (C=O) groups excluding carboxylic acids is 1. The first-order chi connectivity index (χ1) is 8.13. The molecular formula is C15H20O2. The van der Waals surface area contributed by atoms with Gasteiger partial charge < -0.3 is 4.74 Å². The van der Waals surface area contributed by atoms with Crippen LogP contribution in [0.2, 0.25) is 0 Å². The third-order valence-electron chi connectivity index (χ3n) is 4.04. The van der Waals surface area contributed by atoms with Crippen LogP contribution in [0, 0.1) is 11.8 Å². The van der Waals surface area contributed by atoms with Crippen LogP contribution >= 0.6 is 0 Å². The third kappa shape index (κ3) is 1.76. The lowest BCUT2D eigenvalue weighted by molar-refractivity contribution is -0.143. The number of ether oxygens (including phenoxy) is 1. The van der Waals surface area contributed by atoms with E-state index in [4.69, 9.17) is 4.74 Å². The molecule has 0 radical (unpaired) electrons. The summed E-state index contributed by atoms with van der Waals surface area (Å²) in [6.07, 6.45) is 0.804. The summed E-state index contributed by atoms with van der Waals surface area (Å²) in [5, 5.41) is 0. The number of benzene rings is 1. The molecule has 0 spiro atoms. The molecule has 2 heteroatoms. The SMILES string of the molecule is CCC1(c2ccccc2)C(=O)OCC1C(C)C. The average Bonchev–Trinajstić information content (AvgIpc) is 2.68. The second-order valence-corrected chi connectivity index (χ2v) is 5.14. The average molecular weight is 232 g/mol. The fourth-order valence-corrected chi connectivity index (χ4v) is 3.03. The van der Waals surface area contributed by atoms with Crippen molar-refractivity contribution in [1.29, 1.82) is 0 Å². The monoisotopic (exact) mass is 232 g/mol. The Bertz CT molecular complexity index is 397. The van der Waals surface area contributed by atoms with Crippen LogP contribution in [-0.2, 0) is 14.9 Å². The fourth-order valence-electron chi connectivity index (χ4n) is 3.03. The lowest BCUT2D eigenvalue weighted by Gasteiger charge is -2.32. The summed E-state index contributed by atoms with van der Waals surface area (Å²) in [7, 11) is 0. The van der Waals surface area contributed by atoms with Crippen molar-refractivity contribution in [3.8, 4) is 0 Å². The molecular weight excluding hydrogens is 212 g/mol. The van der Waals surface area contributed by atoms with Crippen LogP contribution in [-0.4, -0.2) is 12.6 Å². The van der Waals surface area contributed by atoms with Gasteiger partial charge in [0.25, 0.3) is 0 Å². The van der Waals surface area contributed by atoms with Crippen LogP contribution in [0.15, 0.2) is 30.3 Å². The Balaban J connectivity index is 2.51. The molecule has 0 bridgehead atoms. The predicted octanol–water partition coefficient (Wildman–Crippen LogP) is 3.16. The van der Waals surface area contributed by atoms with Gasteiger partial charge in [0.2, 0.25) is 0 Å². The van der Waals surface area contributed by atoms with Gasteiger partial charge in [0, 0.05) is 5.92 Å². The van der Waals surface area contributed by atoms with Crippen molar-refractivity contribution in [2.24, 2.45) is 11.8 Å². The van der Waals surface area contributed by atoms with Crippen LogP contribution < -0.4 is 0 Å². The lowest BCUT2D eigenvalue weighted by atomic mass is 9.66. The van der Waals surface area contributed by atoms with Crippen LogP contribution in [0.1, 0.15) is 32.8 Å². The van der Waals surface area contributed by atoms with Crippen molar-refractivity contribution in [2.75, 3.05) is 6.61 Å².